The van der Waals surface area contributed by atoms with E-state index in [-0.39, 0.29) is 17.1 Å². The molecule has 1 rings (SSSR count). The maximum Gasteiger partial charge on any atom is 0.409 e. The predicted octanol–water partition coefficient (Wildman–Crippen LogP) is 1.27. The third-order valence-corrected chi connectivity index (χ3v) is 1.40. The van der Waals surface area contributed by atoms with Gasteiger partial charge in [0.15, 0.2) is 0 Å². The Morgan fingerprint density at radius 2 is 2.14 bits per heavy atom. The van der Waals surface area contributed by atoms with Crippen molar-refractivity contribution < 1.29 is 14.8 Å². The molecule has 74 valence electrons. The number of nitro benzene ring substituents is 1. The molecule has 0 fully saturated rings. The molecule has 0 aliphatic heterocycles. The molecule has 4 N–H and O–H groups in total. The minimum atomic E-state index is -1.30. The highest BCUT2D eigenvalue weighted by Crippen LogP contribution is 2.21. The van der Waals surface area contributed by atoms with Crippen LogP contribution < -0.4 is 11.1 Å². The van der Waals surface area contributed by atoms with Crippen molar-refractivity contribution in [2.45, 2.75) is 0 Å². The van der Waals surface area contributed by atoms with E-state index in [0.717, 1.165) is 12.1 Å². The second-order valence-corrected chi connectivity index (χ2v) is 2.50. The third kappa shape index (κ3) is 2.34. The number of non-ortho nitro benzene ring substituents is 1. The lowest BCUT2D eigenvalue weighted by Gasteiger charge is -2.01. The van der Waals surface area contributed by atoms with Crippen molar-refractivity contribution >= 4 is 23.2 Å². The summed E-state index contributed by atoms with van der Waals surface area (Å²) in [5.41, 5.74) is 5.28. The zero-order chi connectivity index (χ0) is 10.7. The van der Waals surface area contributed by atoms with Crippen LogP contribution in [0.15, 0.2) is 18.2 Å². The van der Waals surface area contributed by atoms with Crippen molar-refractivity contribution in [1.29, 1.82) is 0 Å². The average molecular weight is 197 g/mol. The highest BCUT2D eigenvalue weighted by atomic mass is 16.6. The molecule has 0 heterocycles. The topological polar surface area (TPSA) is 118 Å². The number of nitrogens with zero attached hydrogens (tertiary/aromatic N) is 1. The monoisotopic (exact) mass is 197 g/mol. The Balaban J connectivity index is 3.07. The smallest absolute Gasteiger partial charge is 0.409 e. The zero-order valence-electron chi connectivity index (χ0n) is 6.93. The van der Waals surface area contributed by atoms with Crippen molar-refractivity contribution in [2.24, 2.45) is 0 Å². The maximum absolute atomic E-state index is 10.4. The number of rotatable bonds is 2. The van der Waals surface area contributed by atoms with Gasteiger partial charge in [0, 0.05) is 17.8 Å². The summed E-state index contributed by atoms with van der Waals surface area (Å²) in [6, 6.07) is 3.53. The predicted molar refractivity (Wildman–Crippen MR) is 49.2 cm³/mol. The summed E-state index contributed by atoms with van der Waals surface area (Å²) >= 11 is 0. The second-order valence-electron chi connectivity index (χ2n) is 2.50. The van der Waals surface area contributed by atoms with Gasteiger partial charge in [-0.25, -0.2) is 4.79 Å². The molecule has 0 spiro atoms. The fourth-order valence-corrected chi connectivity index (χ4v) is 0.936. The fraction of sp³-hybridized carbons (Fsp3) is 0. The van der Waals surface area contributed by atoms with E-state index < -0.39 is 11.0 Å². The Kier molecular flexibility index (Phi) is 2.52. The normalized spacial score (nSPS) is 9.43. The number of nitrogen functional groups attached to an aromatic ring is 1. The second kappa shape index (κ2) is 3.60. The number of nitrogens with two attached hydrogens (primary N) is 1. The van der Waals surface area contributed by atoms with Gasteiger partial charge < -0.3 is 10.8 Å². The van der Waals surface area contributed by atoms with E-state index in [1.54, 1.807) is 0 Å². The standard InChI is InChI=1S/C7H7N3O4/c8-4-1-5(9-7(11)12)3-6(2-4)10(13)14/h1-3,9H,8H2,(H,11,12). The number of anilines is 2. The van der Waals surface area contributed by atoms with Crippen LogP contribution in [0, 0.1) is 10.1 Å². The number of nitro groups is 1. The number of hydrogen-bond acceptors (Lipinski definition) is 4. The lowest BCUT2D eigenvalue weighted by molar-refractivity contribution is -0.384. The number of carbonyl (C=O) groups is 1. The van der Waals surface area contributed by atoms with Gasteiger partial charge in [0.1, 0.15) is 0 Å². The molecule has 7 nitrogen and oxygen atoms in total. The minimum absolute atomic E-state index is 0.0733. The first-order valence-electron chi connectivity index (χ1n) is 3.54. The molecular formula is C7H7N3O4. The van der Waals surface area contributed by atoms with Crippen molar-refractivity contribution in [3.05, 3.63) is 28.3 Å². The van der Waals surface area contributed by atoms with Gasteiger partial charge in [-0.1, -0.05) is 0 Å². The molecule has 0 radical (unpaired) electrons. The Morgan fingerprint density at radius 1 is 1.50 bits per heavy atom. The van der Waals surface area contributed by atoms with Crippen LogP contribution in [0.1, 0.15) is 0 Å². The van der Waals surface area contributed by atoms with Crippen molar-refractivity contribution in [3.63, 3.8) is 0 Å². The molecule has 1 aromatic carbocycles. The molecular weight excluding hydrogens is 190 g/mol. The van der Waals surface area contributed by atoms with E-state index in [1.807, 2.05) is 5.32 Å². The molecule has 14 heavy (non-hydrogen) atoms. The lowest BCUT2D eigenvalue weighted by atomic mass is 10.2. The van der Waals surface area contributed by atoms with Gasteiger partial charge in [-0.3, -0.25) is 15.4 Å². The molecule has 0 unspecified atom stereocenters. The average Bonchev–Trinajstić information content (AvgIpc) is 2.01. The molecule has 1 amide bonds. The molecule has 0 saturated heterocycles. The first-order chi connectivity index (χ1) is 6.49. The summed E-state index contributed by atoms with van der Waals surface area (Å²) in [6.07, 6.45) is -1.30. The Labute approximate surface area is 78.3 Å². The van der Waals surface area contributed by atoms with Crippen LogP contribution in [-0.2, 0) is 0 Å². The van der Waals surface area contributed by atoms with Crippen molar-refractivity contribution in [2.75, 3.05) is 11.1 Å². The highest BCUT2D eigenvalue weighted by molar-refractivity contribution is 5.84. The highest BCUT2D eigenvalue weighted by Gasteiger charge is 2.09. The number of benzene rings is 1. The van der Waals surface area contributed by atoms with E-state index in [0.29, 0.717) is 0 Å². The summed E-state index contributed by atoms with van der Waals surface area (Å²) in [5, 5.41) is 20.7. The number of hydrogen-bond donors (Lipinski definition) is 3. The summed E-state index contributed by atoms with van der Waals surface area (Å²) in [4.78, 5) is 20.0. The van der Waals surface area contributed by atoms with Crippen LogP contribution >= 0.6 is 0 Å². The van der Waals surface area contributed by atoms with Crippen molar-refractivity contribution in [3.8, 4) is 0 Å². The van der Waals surface area contributed by atoms with Gasteiger partial charge in [0.05, 0.1) is 10.6 Å². The maximum atomic E-state index is 10.4. The van der Waals surface area contributed by atoms with Gasteiger partial charge in [-0.05, 0) is 6.07 Å². The zero-order valence-corrected chi connectivity index (χ0v) is 6.93. The first kappa shape index (κ1) is 9.78. The first-order valence-corrected chi connectivity index (χ1v) is 3.54. The van der Waals surface area contributed by atoms with Gasteiger partial charge in [0.25, 0.3) is 5.69 Å². The molecule has 0 atom stereocenters. The van der Waals surface area contributed by atoms with Crippen LogP contribution in [0.25, 0.3) is 0 Å². The summed E-state index contributed by atoms with van der Waals surface area (Å²) in [6.45, 7) is 0. The number of amides is 1. The quantitative estimate of drug-likeness (QED) is 0.374. The molecule has 0 aliphatic carbocycles. The third-order valence-electron chi connectivity index (χ3n) is 1.40. The van der Waals surface area contributed by atoms with Gasteiger partial charge in [-0.2, -0.15) is 0 Å². The largest absolute Gasteiger partial charge is 0.465 e. The SMILES string of the molecule is Nc1cc(NC(=O)O)cc([N+](=O)[O-])c1. The van der Waals surface area contributed by atoms with Crippen LogP contribution in [-0.4, -0.2) is 16.1 Å². The lowest BCUT2D eigenvalue weighted by Crippen LogP contribution is -2.07. The van der Waals surface area contributed by atoms with E-state index >= 15 is 0 Å². The van der Waals surface area contributed by atoms with Crippen molar-refractivity contribution in [1.82, 2.24) is 0 Å². The Bertz CT molecular complexity index is 391. The van der Waals surface area contributed by atoms with Crippen LogP contribution in [0.4, 0.5) is 21.9 Å². The van der Waals surface area contributed by atoms with Crippen LogP contribution in [0.5, 0.6) is 0 Å². The van der Waals surface area contributed by atoms with E-state index in [1.165, 1.54) is 6.07 Å². The van der Waals surface area contributed by atoms with E-state index in [2.05, 4.69) is 0 Å². The van der Waals surface area contributed by atoms with E-state index in [9.17, 15) is 14.9 Å². The Hall–Kier alpha value is -2.31. The minimum Gasteiger partial charge on any atom is -0.465 e. The van der Waals surface area contributed by atoms with Gasteiger partial charge in [-0.15, -0.1) is 0 Å². The molecule has 0 bridgehead atoms. The summed E-state index contributed by atoms with van der Waals surface area (Å²) in [7, 11) is 0. The Morgan fingerprint density at radius 3 is 2.64 bits per heavy atom. The molecule has 7 heteroatoms. The van der Waals surface area contributed by atoms with Crippen LogP contribution in [0.3, 0.4) is 0 Å². The summed E-state index contributed by atoms with van der Waals surface area (Å²) in [5.74, 6) is 0. The number of carboxylic acid groups (broad SMARTS) is 1. The summed E-state index contributed by atoms with van der Waals surface area (Å²) < 4.78 is 0. The fourth-order valence-electron chi connectivity index (χ4n) is 0.936. The van der Waals surface area contributed by atoms with E-state index in [4.69, 9.17) is 10.8 Å². The molecule has 0 aliphatic rings. The molecule has 1 aromatic rings. The molecule has 0 aromatic heterocycles. The van der Waals surface area contributed by atoms with Gasteiger partial charge in [0.2, 0.25) is 0 Å². The van der Waals surface area contributed by atoms with Gasteiger partial charge >= 0.3 is 6.09 Å². The number of nitrogens with one attached hydrogen (secondary N) is 1. The van der Waals surface area contributed by atoms with Crippen LogP contribution in [0.2, 0.25) is 0 Å². The molecule has 0 saturated carbocycles.